The highest BCUT2D eigenvalue weighted by molar-refractivity contribution is 7.10. The lowest BCUT2D eigenvalue weighted by Crippen LogP contribution is -2.49. The van der Waals surface area contributed by atoms with Gasteiger partial charge in [-0.2, -0.15) is 0 Å². The number of ether oxygens (including phenoxy) is 1. The fraction of sp³-hybridized carbons (Fsp3) is 0.370. The summed E-state index contributed by atoms with van der Waals surface area (Å²) in [5.41, 5.74) is 4.51. The predicted molar refractivity (Wildman–Crippen MR) is 134 cm³/mol. The first kappa shape index (κ1) is 24.0. The molecule has 1 atom stereocenters. The molecule has 0 saturated heterocycles. The van der Waals surface area contributed by atoms with E-state index in [0.29, 0.717) is 31.7 Å². The van der Waals surface area contributed by atoms with Crippen LogP contribution in [0.5, 0.6) is 5.75 Å². The minimum atomic E-state index is -0.528. The van der Waals surface area contributed by atoms with Gasteiger partial charge in [0.1, 0.15) is 18.4 Å². The van der Waals surface area contributed by atoms with E-state index in [2.05, 4.69) is 21.7 Å². The number of hydrogen-bond donors (Lipinski definition) is 1. The van der Waals surface area contributed by atoms with Gasteiger partial charge in [-0.1, -0.05) is 19.4 Å². The molecule has 0 fully saturated rings. The minimum Gasteiger partial charge on any atom is -0.488 e. The Hall–Kier alpha value is -3.19. The van der Waals surface area contributed by atoms with Gasteiger partial charge in [0.05, 0.1) is 0 Å². The van der Waals surface area contributed by atoms with Gasteiger partial charge in [-0.15, -0.1) is 11.3 Å². The zero-order chi connectivity index (χ0) is 24.1. The molecule has 34 heavy (non-hydrogen) atoms. The lowest BCUT2D eigenvalue weighted by Gasteiger charge is -2.31. The fourth-order valence-electron chi connectivity index (χ4n) is 4.39. The maximum absolute atomic E-state index is 13.3. The molecule has 0 aliphatic carbocycles. The normalized spacial score (nSPS) is 13.8. The Morgan fingerprint density at radius 1 is 1.24 bits per heavy atom. The third kappa shape index (κ3) is 5.47. The van der Waals surface area contributed by atoms with Crippen molar-refractivity contribution in [3.8, 4) is 5.75 Å². The lowest BCUT2D eigenvalue weighted by atomic mass is 10.0. The number of nitrogens with one attached hydrogen (secondary N) is 1. The molecule has 2 amide bonds. The van der Waals surface area contributed by atoms with Crippen molar-refractivity contribution in [2.45, 2.75) is 59.2 Å². The first-order valence-corrected chi connectivity index (χ1v) is 12.6. The number of carbonyl (C=O) groups excluding carboxylic acids is 2. The van der Waals surface area contributed by atoms with Gasteiger partial charge >= 0.3 is 0 Å². The van der Waals surface area contributed by atoms with Gasteiger partial charge in [0.25, 0.3) is 5.91 Å². The molecular formula is C27H31N3O3S. The molecule has 7 heteroatoms. The Bertz CT molecular complexity index is 1140. The van der Waals surface area contributed by atoms with E-state index in [9.17, 15) is 9.59 Å². The molecule has 1 aromatic carbocycles. The summed E-state index contributed by atoms with van der Waals surface area (Å²) in [7, 11) is 0. The number of thiophene rings is 1. The highest BCUT2D eigenvalue weighted by atomic mass is 32.1. The monoisotopic (exact) mass is 477 g/mol. The maximum Gasteiger partial charge on any atom is 0.251 e. The van der Waals surface area contributed by atoms with Crippen molar-refractivity contribution in [3.63, 3.8) is 0 Å². The van der Waals surface area contributed by atoms with Gasteiger partial charge in [0, 0.05) is 41.5 Å². The standard InChI is InChI=1S/C27H31N3O3S/c1-4-6-23(27(32)30-11-8-24-21(16-30)9-12-34-24)29-26(31)22-13-18(2)25(19(3)14-22)33-17-20-7-5-10-28-15-20/h5,7,9-10,12-15,23H,4,6,8,11,16-17H2,1-3H3,(H,29,31)/t23-/m1/s1. The van der Waals surface area contributed by atoms with Crippen LogP contribution in [0.25, 0.3) is 0 Å². The average molecular weight is 478 g/mol. The SMILES string of the molecule is CCC[C@@H](NC(=O)c1cc(C)c(OCc2cccnc2)c(C)c1)C(=O)N1CCc2sccc2C1. The smallest absolute Gasteiger partial charge is 0.251 e. The van der Waals surface area contributed by atoms with Crippen molar-refractivity contribution in [1.82, 2.24) is 15.2 Å². The molecule has 0 saturated carbocycles. The summed E-state index contributed by atoms with van der Waals surface area (Å²) in [6, 6.07) is 9.06. The number of amides is 2. The number of pyridine rings is 1. The first-order chi connectivity index (χ1) is 16.5. The van der Waals surface area contributed by atoms with Gasteiger partial charge in [-0.05, 0) is 73.0 Å². The molecule has 1 aliphatic heterocycles. The van der Waals surface area contributed by atoms with Crippen molar-refractivity contribution in [3.05, 3.63) is 80.8 Å². The van der Waals surface area contributed by atoms with Crippen molar-refractivity contribution in [1.29, 1.82) is 0 Å². The van der Waals surface area contributed by atoms with E-state index in [-0.39, 0.29) is 11.8 Å². The van der Waals surface area contributed by atoms with Gasteiger partial charge in [0.15, 0.2) is 0 Å². The second-order valence-electron chi connectivity index (χ2n) is 8.78. The van der Waals surface area contributed by atoms with Crippen LogP contribution in [0.1, 0.15) is 57.3 Å². The quantitative estimate of drug-likeness (QED) is 0.505. The Morgan fingerprint density at radius 3 is 2.74 bits per heavy atom. The number of benzene rings is 1. The summed E-state index contributed by atoms with van der Waals surface area (Å²) in [5, 5.41) is 5.09. The Labute approximate surface area is 205 Å². The first-order valence-electron chi connectivity index (χ1n) is 11.7. The van der Waals surface area contributed by atoms with Gasteiger partial charge < -0.3 is 15.0 Å². The summed E-state index contributed by atoms with van der Waals surface area (Å²) in [4.78, 5) is 33.8. The fourth-order valence-corrected chi connectivity index (χ4v) is 5.28. The molecule has 0 radical (unpaired) electrons. The molecule has 3 heterocycles. The van der Waals surface area contributed by atoms with E-state index in [1.807, 2.05) is 49.9 Å². The second-order valence-corrected chi connectivity index (χ2v) is 9.78. The molecule has 4 rings (SSSR count). The predicted octanol–water partition coefficient (Wildman–Crippen LogP) is 4.82. The zero-order valence-corrected chi connectivity index (χ0v) is 20.8. The largest absolute Gasteiger partial charge is 0.488 e. The Balaban J connectivity index is 1.44. The molecule has 3 aromatic rings. The van der Waals surface area contributed by atoms with Crippen LogP contribution in [-0.4, -0.2) is 34.3 Å². The van der Waals surface area contributed by atoms with Crippen molar-refractivity contribution >= 4 is 23.2 Å². The van der Waals surface area contributed by atoms with Crippen LogP contribution in [-0.2, 0) is 24.4 Å². The Kier molecular flexibility index (Phi) is 7.63. The summed E-state index contributed by atoms with van der Waals surface area (Å²) in [5.74, 6) is 0.531. The van der Waals surface area contributed by atoms with E-state index >= 15 is 0 Å². The summed E-state index contributed by atoms with van der Waals surface area (Å²) in [6.45, 7) is 7.63. The highest BCUT2D eigenvalue weighted by Gasteiger charge is 2.29. The van der Waals surface area contributed by atoms with Crippen molar-refractivity contribution in [2.24, 2.45) is 0 Å². The van der Waals surface area contributed by atoms with Crippen LogP contribution in [0.15, 0.2) is 48.1 Å². The number of rotatable bonds is 8. The third-order valence-corrected chi connectivity index (χ3v) is 7.15. The molecule has 0 bridgehead atoms. The molecule has 6 nitrogen and oxygen atoms in total. The van der Waals surface area contributed by atoms with Crippen LogP contribution in [0, 0.1) is 13.8 Å². The van der Waals surface area contributed by atoms with Crippen molar-refractivity contribution in [2.75, 3.05) is 6.54 Å². The average Bonchev–Trinajstić information content (AvgIpc) is 3.31. The summed E-state index contributed by atoms with van der Waals surface area (Å²) in [6.07, 6.45) is 5.81. The minimum absolute atomic E-state index is 0.00285. The van der Waals surface area contributed by atoms with Gasteiger partial charge in [0.2, 0.25) is 5.91 Å². The van der Waals surface area contributed by atoms with Crippen molar-refractivity contribution < 1.29 is 14.3 Å². The molecular weight excluding hydrogens is 446 g/mol. The molecule has 1 N–H and O–H groups in total. The third-order valence-electron chi connectivity index (χ3n) is 6.13. The van der Waals surface area contributed by atoms with E-state index < -0.39 is 6.04 Å². The molecule has 1 aliphatic rings. The summed E-state index contributed by atoms with van der Waals surface area (Å²) < 4.78 is 6.02. The molecule has 0 unspecified atom stereocenters. The van der Waals surface area contributed by atoms with Crippen LogP contribution < -0.4 is 10.1 Å². The lowest BCUT2D eigenvalue weighted by molar-refractivity contribution is -0.134. The Morgan fingerprint density at radius 2 is 2.03 bits per heavy atom. The highest BCUT2D eigenvalue weighted by Crippen LogP contribution is 2.27. The number of aromatic nitrogens is 1. The van der Waals surface area contributed by atoms with Crippen LogP contribution in [0.2, 0.25) is 0 Å². The number of aryl methyl sites for hydroxylation is 2. The van der Waals surface area contributed by atoms with Crippen LogP contribution >= 0.6 is 11.3 Å². The second kappa shape index (κ2) is 10.8. The van der Waals surface area contributed by atoms with E-state index in [1.165, 1.54) is 10.4 Å². The molecule has 178 valence electrons. The maximum atomic E-state index is 13.3. The molecule has 2 aromatic heterocycles. The molecule has 0 spiro atoms. The number of hydrogen-bond acceptors (Lipinski definition) is 5. The summed E-state index contributed by atoms with van der Waals surface area (Å²) >= 11 is 1.75. The number of nitrogens with zero attached hydrogens (tertiary/aromatic N) is 2. The van der Waals surface area contributed by atoms with E-state index in [0.717, 1.165) is 35.3 Å². The van der Waals surface area contributed by atoms with Crippen LogP contribution in [0.4, 0.5) is 0 Å². The van der Waals surface area contributed by atoms with E-state index in [4.69, 9.17) is 4.74 Å². The van der Waals surface area contributed by atoms with Gasteiger partial charge in [-0.25, -0.2) is 0 Å². The van der Waals surface area contributed by atoms with Gasteiger partial charge in [-0.3, -0.25) is 14.6 Å². The van der Waals surface area contributed by atoms with E-state index in [1.54, 1.807) is 23.7 Å². The zero-order valence-electron chi connectivity index (χ0n) is 20.0. The number of carbonyl (C=O) groups is 2. The topological polar surface area (TPSA) is 71.5 Å². The van der Waals surface area contributed by atoms with Crippen LogP contribution in [0.3, 0.4) is 0 Å². The number of fused-ring (bicyclic) bond motifs is 1.